The number of nitrogens with two attached hydrogens (primary N) is 1. The van der Waals surface area contributed by atoms with Crippen LogP contribution in [0.15, 0.2) is 42.2 Å². The first-order valence-corrected chi connectivity index (χ1v) is 7.44. The number of amides is 3. The average molecular weight is 367 g/mol. The molecule has 0 spiro atoms. The number of nitrogens with zero attached hydrogens (tertiary/aromatic N) is 4. The summed E-state index contributed by atoms with van der Waals surface area (Å²) in [6.45, 7) is -0.525. The number of primary amides is 1. The van der Waals surface area contributed by atoms with Crippen LogP contribution in [-0.2, 0) is 14.3 Å². The molecule has 0 aliphatic carbocycles. The quantitative estimate of drug-likeness (QED) is 0.797. The molecule has 0 radical (unpaired) electrons. The van der Waals surface area contributed by atoms with Crippen molar-refractivity contribution in [3.63, 3.8) is 0 Å². The van der Waals surface area contributed by atoms with E-state index < -0.39 is 30.3 Å². The van der Waals surface area contributed by atoms with E-state index in [4.69, 9.17) is 5.73 Å². The van der Waals surface area contributed by atoms with Gasteiger partial charge in [-0.3, -0.25) is 9.59 Å². The lowest BCUT2D eigenvalue weighted by molar-refractivity contribution is -0.120. The maximum Gasteiger partial charge on any atom is 0.404 e. The Bertz CT molecular complexity index is 1030. The number of hydrogen-bond acceptors (Lipinski definition) is 7. The molecule has 134 valence electrons. The summed E-state index contributed by atoms with van der Waals surface area (Å²) in [5, 5.41) is 9.24. The Labute approximate surface area is 151 Å². The second-order valence-electron chi connectivity index (χ2n) is 5.29. The van der Waals surface area contributed by atoms with Crippen molar-refractivity contribution in [1.82, 2.24) is 9.97 Å². The molecule has 2 N–H and O–H groups in total. The molecule has 27 heavy (non-hydrogen) atoms. The second-order valence-corrected chi connectivity index (χ2v) is 5.29. The second kappa shape index (κ2) is 7.01. The molecular formula is C17H10FN5O4. The molecule has 0 fully saturated rings. The molecular weight excluding hydrogens is 357 g/mol. The van der Waals surface area contributed by atoms with Crippen molar-refractivity contribution in [1.29, 1.82) is 5.26 Å². The summed E-state index contributed by atoms with van der Waals surface area (Å²) < 4.78 is 19.0. The highest BCUT2D eigenvalue weighted by molar-refractivity contribution is 6.30. The van der Waals surface area contributed by atoms with Crippen LogP contribution in [0.3, 0.4) is 0 Å². The molecule has 3 amide bonds. The van der Waals surface area contributed by atoms with Crippen LogP contribution < -0.4 is 10.6 Å². The van der Waals surface area contributed by atoms with E-state index in [9.17, 15) is 24.0 Å². The Morgan fingerprint density at radius 3 is 2.63 bits per heavy atom. The maximum atomic E-state index is 14.5. The van der Waals surface area contributed by atoms with E-state index in [0.29, 0.717) is 4.90 Å². The Morgan fingerprint density at radius 1 is 1.30 bits per heavy atom. The van der Waals surface area contributed by atoms with Crippen molar-refractivity contribution in [2.45, 2.75) is 0 Å². The molecule has 1 aromatic carbocycles. The van der Waals surface area contributed by atoms with Crippen LogP contribution in [0.25, 0.3) is 11.4 Å². The first kappa shape index (κ1) is 17.7. The van der Waals surface area contributed by atoms with Gasteiger partial charge in [-0.25, -0.2) is 24.1 Å². The van der Waals surface area contributed by atoms with Crippen LogP contribution in [0.4, 0.5) is 14.9 Å². The maximum absolute atomic E-state index is 14.5. The van der Waals surface area contributed by atoms with Crippen LogP contribution in [0, 0.1) is 17.1 Å². The van der Waals surface area contributed by atoms with Gasteiger partial charge in [0, 0.05) is 24.0 Å². The van der Waals surface area contributed by atoms with Crippen molar-refractivity contribution in [2.75, 3.05) is 11.5 Å². The Hall–Kier alpha value is -4.13. The Balaban J connectivity index is 2.03. The van der Waals surface area contributed by atoms with Crippen molar-refractivity contribution >= 4 is 23.6 Å². The van der Waals surface area contributed by atoms with E-state index in [-0.39, 0.29) is 28.2 Å². The van der Waals surface area contributed by atoms with Crippen LogP contribution in [0.5, 0.6) is 0 Å². The van der Waals surface area contributed by atoms with Crippen LogP contribution in [0.2, 0.25) is 0 Å². The Kier molecular flexibility index (Phi) is 4.59. The van der Waals surface area contributed by atoms with Crippen molar-refractivity contribution in [3.8, 4) is 17.5 Å². The fraction of sp³-hybridized carbons (Fsp3) is 0.0588. The number of benzene rings is 1. The molecule has 3 rings (SSSR count). The zero-order valence-electron chi connectivity index (χ0n) is 13.5. The predicted octanol–water partition coefficient (Wildman–Crippen LogP) is 1.05. The van der Waals surface area contributed by atoms with Gasteiger partial charge in [-0.2, -0.15) is 5.26 Å². The normalized spacial score (nSPS) is 13.3. The van der Waals surface area contributed by atoms with Gasteiger partial charge in [0.2, 0.25) is 0 Å². The number of halogens is 1. The highest BCUT2D eigenvalue weighted by atomic mass is 19.1. The first-order chi connectivity index (χ1) is 12.9. The molecule has 10 heteroatoms. The van der Waals surface area contributed by atoms with E-state index in [1.165, 1.54) is 12.4 Å². The zero-order valence-corrected chi connectivity index (χ0v) is 13.5. The molecule has 2 heterocycles. The number of rotatable bonds is 4. The molecule has 1 aromatic heterocycles. The lowest BCUT2D eigenvalue weighted by Gasteiger charge is -2.17. The third-order valence-electron chi connectivity index (χ3n) is 3.62. The fourth-order valence-corrected chi connectivity index (χ4v) is 2.45. The summed E-state index contributed by atoms with van der Waals surface area (Å²) in [4.78, 5) is 43.9. The van der Waals surface area contributed by atoms with Gasteiger partial charge in [0.15, 0.2) is 5.82 Å². The smallest absolute Gasteiger partial charge is 0.404 e. The molecule has 9 nitrogen and oxygen atoms in total. The summed E-state index contributed by atoms with van der Waals surface area (Å²) in [6.07, 6.45) is 2.66. The van der Waals surface area contributed by atoms with Crippen LogP contribution in [-0.4, -0.2) is 34.5 Å². The molecule has 0 unspecified atom stereocenters. The summed E-state index contributed by atoms with van der Waals surface area (Å²) in [5.74, 6) is -2.53. The summed E-state index contributed by atoms with van der Waals surface area (Å²) in [6, 6.07) is 5.41. The van der Waals surface area contributed by atoms with E-state index >= 15 is 0 Å². The lowest BCUT2D eigenvalue weighted by Crippen LogP contribution is -2.32. The Morgan fingerprint density at radius 2 is 2.00 bits per heavy atom. The molecule has 0 saturated heterocycles. The van der Waals surface area contributed by atoms with Gasteiger partial charge >= 0.3 is 6.09 Å². The molecule has 1 aliphatic rings. The third kappa shape index (κ3) is 3.34. The molecule has 0 bridgehead atoms. The highest BCUT2D eigenvalue weighted by Gasteiger charge is 2.35. The van der Waals surface area contributed by atoms with Gasteiger partial charge in [0.05, 0.1) is 22.9 Å². The highest BCUT2D eigenvalue weighted by Crippen LogP contribution is 2.31. The van der Waals surface area contributed by atoms with E-state index in [0.717, 1.165) is 18.2 Å². The first-order valence-electron chi connectivity index (χ1n) is 7.44. The van der Waals surface area contributed by atoms with Crippen molar-refractivity contribution < 1.29 is 23.5 Å². The van der Waals surface area contributed by atoms with Gasteiger partial charge in [-0.15, -0.1) is 0 Å². The number of nitriles is 1. The minimum atomic E-state index is -1.12. The topological polar surface area (TPSA) is 139 Å². The SMILES string of the molecule is N#Cc1cc(F)c(N2C(=O)C=C(COC(N)=O)C2=O)cc1-c1ncccn1. The van der Waals surface area contributed by atoms with Gasteiger partial charge in [0.1, 0.15) is 12.4 Å². The summed E-state index contributed by atoms with van der Waals surface area (Å²) in [5.41, 5.74) is 4.38. The number of carbonyl (C=O) groups is 3. The van der Waals surface area contributed by atoms with Gasteiger partial charge in [-0.05, 0) is 18.2 Å². The van der Waals surface area contributed by atoms with E-state index in [2.05, 4.69) is 14.7 Å². The van der Waals surface area contributed by atoms with E-state index in [1.54, 1.807) is 6.07 Å². The van der Waals surface area contributed by atoms with Gasteiger partial charge < -0.3 is 10.5 Å². The number of aromatic nitrogens is 2. The number of imide groups is 1. The van der Waals surface area contributed by atoms with E-state index in [1.807, 2.05) is 6.07 Å². The molecule has 1 aliphatic heterocycles. The monoisotopic (exact) mass is 367 g/mol. The standard InChI is InChI=1S/C17H10FN5O4/c18-12-4-9(7-19)11(15-21-2-1-3-22-15)6-13(12)23-14(24)5-10(16(23)25)8-27-17(20)26/h1-6H,8H2,(H2,20,26). The lowest BCUT2D eigenvalue weighted by atomic mass is 10.1. The largest absolute Gasteiger partial charge is 0.445 e. The number of carbonyl (C=O) groups excluding carboxylic acids is 3. The summed E-state index contributed by atoms with van der Waals surface area (Å²) >= 11 is 0. The third-order valence-corrected chi connectivity index (χ3v) is 3.62. The fourth-order valence-electron chi connectivity index (χ4n) is 2.45. The number of anilines is 1. The minimum Gasteiger partial charge on any atom is -0.445 e. The number of ether oxygens (including phenoxy) is 1. The summed E-state index contributed by atoms with van der Waals surface area (Å²) in [7, 11) is 0. The predicted molar refractivity (Wildman–Crippen MR) is 88.3 cm³/mol. The van der Waals surface area contributed by atoms with Gasteiger partial charge in [-0.1, -0.05) is 0 Å². The number of hydrogen-bond donors (Lipinski definition) is 1. The van der Waals surface area contributed by atoms with Crippen LogP contribution >= 0.6 is 0 Å². The van der Waals surface area contributed by atoms with Crippen LogP contribution in [0.1, 0.15) is 5.56 Å². The minimum absolute atomic E-state index is 0.0632. The zero-order chi connectivity index (χ0) is 19.6. The van der Waals surface area contributed by atoms with Gasteiger partial charge in [0.25, 0.3) is 11.8 Å². The molecule has 0 atom stereocenters. The average Bonchev–Trinajstić information content (AvgIpc) is 2.94. The van der Waals surface area contributed by atoms with Crippen molar-refractivity contribution in [2.24, 2.45) is 5.73 Å². The molecule has 0 saturated carbocycles. The molecule has 2 aromatic rings. The van der Waals surface area contributed by atoms with Crippen molar-refractivity contribution in [3.05, 3.63) is 53.6 Å².